The van der Waals surface area contributed by atoms with Gasteiger partial charge in [-0.3, -0.25) is 4.90 Å². The number of piperazine rings is 1. The Morgan fingerprint density at radius 3 is 2.55 bits per heavy atom. The van der Waals surface area contributed by atoms with Crippen molar-refractivity contribution in [2.75, 3.05) is 19.7 Å². The first-order valence-electron chi connectivity index (χ1n) is 8.74. The third-order valence-corrected chi connectivity index (χ3v) is 5.94. The van der Waals surface area contributed by atoms with E-state index in [2.05, 4.69) is 31.0 Å². The van der Waals surface area contributed by atoms with Crippen molar-refractivity contribution in [3.63, 3.8) is 0 Å². The molecular weight excluding hydrogens is 248 g/mol. The minimum absolute atomic E-state index is 0.409. The predicted molar refractivity (Wildman–Crippen MR) is 83.0 cm³/mol. The van der Waals surface area contributed by atoms with E-state index in [0.717, 1.165) is 12.5 Å². The van der Waals surface area contributed by atoms with Gasteiger partial charge in [0.25, 0.3) is 0 Å². The van der Waals surface area contributed by atoms with Crippen molar-refractivity contribution >= 4 is 0 Å². The number of nitrogens with one attached hydrogen (secondary N) is 1. The maximum atomic E-state index is 5.86. The van der Waals surface area contributed by atoms with Crippen LogP contribution in [-0.4, -0.2) is 48.3 Å². The van der Waals surface area contributed by atoms with Crippen molar-refractivity contribution in [1.29, 1.82) is 0 Å². The third-order valence-electron chi connectivity index (χ3n) is 5.94. The molecule has 116 valence electrons. The van der Waals surface area contributed by atoms with Crippen LogP contribution in [0.2, 0.25) is 0 Å². The molecule has 0 aromatic carbocycles. The minimum Gasteiger partial charge on any atom is -0.377 e. The summed E-state index contributed by atoms with van der Waals surface area (Å²) in [5.74, 6) is 0.719. The Hall–Kier alpha value is -0.120. The molecule has 20 heavy (non-hydrogen) atoms. The van der Waals surface area contributed by atoms with E-state index in [1.165, 1.54) is 51.6 Å². The first kappa shape index (κ1) is 14.8. The van der Waals surface area contributed by atoms with Crippen LogP contribution >= 0.6 is 0 Å². The summed E-state index contributed by atoms with van der Waals surface area (Å²) in [5.41, 5.74) is 0.409. The van der Waals surface area contributed by atoms with Crippen LogP contribution in [0.5, 0.6) is 0 Å². The number of rotatable bonds is 2. The molecule has 0 bridgehead atoms. The zero-order valence-electron chi connectivity index (χ0n) is 13.5. The Morgan fingerprint density at radius 2 is 1.95 bits per heavy atom. The first-order valence-corrected chi connectivity index (χ1v) is 8.74. The molecule has 1 saturated carbocycles. The second kappa shape index (κ2) is 5.94. The van der Waals surface area contributed by atoms with E-state index in [1.54, 1.807) is 0 Å². The summed E-state index contributed by atoms with van der Waals surface area (Å²) in [6.07, 6.45) is 8.62. The normalized spacial score (nSPS) is 38.7. The van der Waals surface area contributed by atoms with Gasteiger partial charge in [0.1, 0.15) is 0 Å². The highest BCUT2D eigenvalue weighted by molar-refractivity contribution is 5.03. The standard InChI is InChI=1S/C17H32N2O/c1-13(2)16-11-18-17(8-5-4-6-9-17)12-19(16)15-7-10-20-14(15)3/h13-16,18H,4-12H2,1-3H3. The van der Waals surface area contributed by atoms with Gasteiger partial charge in [-0.2, -0.15) is 0 Å². The first-order chi connectivity index (χ1) is 9.61. The van der Waals surface area contributed by atoms with Crippen LogP contribution in [0.4, 0.5) is 0 Å². The van der Waals surface area contributed by atoms with E-state index in [4.69, 9.17) is 4.74 Å². The average Bonchev–Trinajstić information content (AvgIpc) is 2.85. The van der Waals surface area contributed by atoms with Crippen molar-refractivity contribution in [1.82, 2.24) is 10.2 Å². The summed E-state index contributed by atoms with van der Waals surface area (Å²) < 4.78 is 5.86. The van der Waals surface area contributed by atoms with Gasteiger partial charge in [-0.1, -0.05) is 33.1 Å². The summed E-state index contributed by atoms with van der Waals surface area (Å²) >= 11 is 0. The molecule has 2 aliphatic heterocycles. The highest BCUT2D eigenvalue weighted by Gasteiger charge is 2.45. The van der Waals surface area contributed by atoms with E-state index in [9.17, 15) is 0 Å². The second-order valence-corrected chi connectivity index (χ2v) is 7.64. The van der Waals surface area contributed by atoms with Crippen LogP contribution in [-0.2, 0) is 4.74 Å². The van der Waals surface area contributed by atoms with Gasteiger partial charge in [0.2, 0.25) is 0 Å². The lowest BCUT2D eigenvalue weighted by Gasteiger charge is -2.53. The molecule has 1 N–H and O–H groups in total. The van der Waals surface area contributed by atoms with Gasteiger partial charge in [-0.25, -0.2) is 0 Å². The summed E-state index contributed by atoms with van der Waals surface area (Å²) in [5, 5.41) is 3.95. The SMILES string of the molecule is CC(C)C1CNC2(CCCCC2)CN1C1CCOC1C. The van der Waals surface area contributed by atoms with Crippen LogP contribution in [0.25, 0.3) is 0 Å². The Morgan fingerprint density at radius 1 is 1.20 bits per heavy atom. The molecule has 0 radical (unpaired) electrons. The van der Waals surface area contributed by atoms with E-state index in [0.29, 0.717) is 23.7 Å². The van der Waals surface area contributed by atoms with Crippen molar-refractivity contribution < 1.29 is 4.74 Å². The number of hydrogen-bond donors (Lipinski definition) is 1. The number of hydrogen-bond acceptors (Lipinski definition) is 3. The van der Waals surface area contributed by atoms with Crippen molar-refractivity contribution in [3.05, 3.63) is 0 Å². The molecule has 3 nitrogen and oxygen atoms in total. The molecule has 0 amide bonds. The fourth-order valence-electron chi connectivity index (χ4n) is 4.66. The Kier molecular flexibility index (Phi) is 4.40. The highest BCUT2D eigenvalue weighted by atomic mass is 16.5. The van der Waals surface area contributed by atoms with Crippen LogP contribution in [0.15, 0.2) is 0 Å². The topological polar surface area (TPSA) is 24.5 Å². The molecule has 2 saturated heterocycles. The van der Waals surface area contributed by atoms with Gasteiger partial charge in [-0.15, -0.1) is 0 Å². The number of ether oxygens (including phenoxy) is 1. The molecule has 1 spiro atoms. The van der Waals surface area contributed by atoms with Crippen LogP contribution in [0, 0.1) is 5.92 Å². The molecule has 3 atom stereocenters. The monoisotopic (exact) mass is 280 g/mol. The van der Waals surface area contributed by atoms with E-state index < -0.39 is 0 Å². The molecule has 0 aromatic heterocycles. The molecule has 3 heteroatoms. The molecular formula is C17H32N2O. The highest BCUT2D eigenvalue weighted by Crippen LogP contribution is 2.36. The van der Waals surface area contributed by atoms with Crippen molar-refractivity contribution in [2.24, 2.45) is 5.92 Å². The van der Waals surface area contributed by atoms with Gasteiger partial charge >= 0.3 is 0 Å². The van der Waals surface area contributed by atoms with E-state index in [-0.39, 0.29) is 0 Å². The molecule has 3 aliphatic rings. The van der Waals surface area contributed by atoms with Crippen LogP contribution < -0.4 is 5.32 Å². The quantitative estimate of drug-likeness (QED) is 0.842. The summed E-state index contributed by atoms with van der Waals surface area (Å²) in [4.78, 5) is 2.82. The van der Waals surface area contributed by atoms with Crippen molar-refractivity contribution in [3.8, 4) is 0 Å². The Labute approximate surface area is 124 Å². The van der Waals surface area contributed by atoms with Crippen molar-refractivity contribution in [2.45, 2.75) is 83.0 Å². The minimum atomic E-state index is 0.409. The predicted octanol–water partition coefficient (Wildman–Crippen LogP) is 2.80. The lowest BCUT2D eigenvalue weighted by molar-refractivity contribution is -0.0163. The maximum Gasteiger partial charge on any atom is 0.0703 e. The fourth-order valence-corrected chi connectivity index (χ4v) is 4.66. The van der Waals surface area contributed by atoms with Crippen LogP contribution in [0.1, 0.15) is 59.3 Å². The summed E-state index contributed by atoms with van der Waals surface area (Å²) in [6.45, 7) is 10.4. The lowest BCUT2D eigenvalue weighted by atomic mass is 9.78. The smallest absolute Gasteiger partial charge is 0.0703 e. The van der Waals surface area contributed by atoms with E-state index in [1.807, 2.05) is 0 Å². The molecule has 0 aromatic rings. The van der Waals surface area contributed by atoms with Gasteiger partial charge in [0, 0.05) is 37.3 Å². The van der Waals surface area contributed by atoms with E-state index >= 15 is 0 Å². The second-order valence-electron chi connectivity index (χ2n) is 7.64. The largest absolute Gasteiger partial charge is 0.377 e. The number of nitrogens with zero attached hydrogens (tertiary/aromatic N) is 1. The fraction of sp³-hybridized carbons (Fsp3) is 1.00. The van der Waals surface area contributed by atoms with Crippen LogP contribution in [0.3, 0.4) is 0 Å². The zero-order chi connectivity index (χ0) is 14.2. The molecule has 3 fully saturated rings. The third kappa shape index (κ3) is 2.77. The van der Waals surface area contributed by atoms with Gasteiger partial charge < -0.3 is 10.1 Å². The Balaban J connectivity index is 1.77. The van der Waals surface area contributed by atoms with Gasteiger partial charge in [-0.05, 0) is 32.1 Å². The molecule has 2 heterocycles. The zero-order valence-corrected chi connectivity index (χ0v) is 13.5. The average molecular weight is 280 g/mol. The Bertz CT molecular complexity index is 323. The summed E-state index contributed by atoms with van der Waals surface area (Å²) in [7, 11) is 0. The lowest BCUT2D eigenvalue weighted by Crippen LogP contribution is -2.68. The van der Waals surface area contributed by atoms with Gasteiger partial charge in [0.05, 0.1) is 6.10 Å². The molecule has 3 unspecified atom stereocenters. The molecule has 1 aliphatic carbocycles. The maximum absolute atomic E-state index is 5.86. The summed E-state index contributed by atoms with van der Waals surface area (Å²) in [6, 6.07) is 1.32. The van der Waals surface area contributed by atoms with Gasteiger partial charge in [0.15, 0.2) is 0 Å². The molecule has 3 rings (SSSR count).